The summed E-state index contributed by atoms with van der Waals surface area (Å²) >= 11 is 6.21. The molecule has 2 aromatic rings. The highest BCUT2D eigenvalue weighted by Crippen LogP contribution is 2.27. The van der Waals surface area contributed by atoms with E-state index in [1.54, 1.807) is 6.92 Å². The van der Waals surface area contributed by atoms with Crippen LogP contribution < -0.4 is 10.1 Å². The van der Waals surface area contributed by atoms with E-state index in [2.05, 4.69) is 5.32 Å². The van der Waals surface area contributed by atoms with Gasteiger partial charge in [0, 0.05) is 0 Å². The first kappa shape index (κ1) is 16.4. The largest absolute Gasteiger partial charge is 0.481 e. The molecule has 0 aromatic heterocycles. The van der Waals surface area contributed by atoms with Crippen LogP contribution in [0.3, 0.4) is 0 Å². The minimum absolute atomic E-state index is 0.227. The molecule has 0 aliphatic carbocycles. The SMILES string of the molecule is Cc1ccc(O[C@@H](C)C(=O)Nc2c(C)cc(C)cc2Cl)cc1. The van der Waals surface area contributed by atoms with Gasteiger partial charge < -0.3 is 10.1 Å². The fraction of sp³-hybridized carbons (Fsp3) is 0.278. The molecule has 116 valence electrons. The topological polar surface area (TPSA) is 38.3 Å². The van der Waals surface area contributed by atoms with E-state index in [1.807, 2.05) is 57.2 Å². The van der Waals surface area contributed by atoms with Crippen molar-refractivity contribution in [1.82, 2.24) is 0 Å². The second-order valence-electron chi connectivity index (χ2n) is 5.50. The first-order valence-corrected chi connectivity index (χ1v) is 7.55. The molecule has 1 N–H and O–H groups in total. The highest BCUT2D eigenvalue weighted by Gasteiger charge is 2.17. The lowest BCUT2D eigenvalue weighted by atomic mass is 10.1. The van der Waals surface area contributed by atoms with Gasteiger partial charge in [0.25, 0.3) is 5.91 Å². The molecule has 0 spiro atoms. The number of aryl methyl sites for hydroxylation is 3. The third-order valence-corrected chi connectivity index (χ3v) is 3.68. The maximum absolute atomic E-state index is 12.3. The second kappa shape index (κ2) is 6.84. The molecule has 0 aliphatic rings. The summed E-state index contributed by atoms with van der Waals surface area (Å²) in [4.78, 5) is 12.3. The number of amides is 1. The second-order valence-corrected chi connectivity index (χ2v) is 5.91. The van der Waals surface area contributed by atoms with Crippen LogP contribution in [0.1, 0.15) is 23.6 Å². The normalized spacial score (nSPS) is 11.9. The van der Waals surface area contributed by atoms with Crippen LogP contribution >= 0.6 is 11.6 Å². The molecule has 0 fully saturated rings. The van der Waals surface area contributed by atoms with Gasteiger partial charge in [0.05, 0.1) is 10.7 Å². The monoisotopic (exact) mass is 317 g/mol. The van der Waals surface area contributed by atoms with E-state index in [9.17, 15) is 4.79 Å². The Bertz CT molecular complexity index is 657. The predicted molar refractivity (Wildman–Crippen MR) is 90.8 cm³/mol. The van der Waals surface area contributed by atoms with Crippen LogP contribution in [-0.4, -0.2) is 12.0 Å². The Morgan fingerprint density at radius 2 is 1.73 bits per heavy atom. The average Bonchev–Trinajstić information content (AvgIpc) is 2.45. The zero-order valence-electron chi connectivity index (χ0n) is 13.2. The number of benzene rings is 2. The Labute approximate surface area is 136 Å². The summed E-state index contributed by atoms with van der Waals surface area (Å²) in [7, 11) is 0. The van der Waals surface area contributed by atoms with Gasteiger partial charge in [-0.1, -0.05) is 35.4 Å². The van der Waals surface area contributed by atoms with Crippen LogP contribution in [0.4, 0.5) is 5.69 Å². The minimum Gasteiger partial charge on any atom is -0.481 e. The number of anilines is 1. The number of ether oxygens (including phenoxy) is 1. The van der Waals surface area contributed by atoms with Crippen molar-refractivity contribution in [2.45, 2.75) is 33.8 Å². The van der Waals surface area contributed by atoms with Gasteiger partial charge in [-0.15, -0.1) is 0 Å². The van der Waals surface area contributed by atoms with E-state index >= 15 is 0 Å². The highest BCUT2D eigenvalue weighted by atomic mass is 35.5. The summed E-state index contributed by atoms with van der Waals surface area (Å²) < 4.78 is 5.65. The quantitative estimate of drug-likeness (QED) is 0.889. The Morgan fingerprint density at radius 1 is 1.09 bits per heavy atom. The van der Waals surface area contributed by atoms with Crippen LogP contribution in [0.2, 0.25) is 5.02 Å². The summed E-state index contributed by atoms with van der Waals surface area (Å²) in [6.07, 6.45) is -0.612. The standard InChI is InChI=1S/C18H20ClNO2/c1-11-5-7-15(8-6-11)22-14(4)18(21)20-17-13(3)9-12(2)10-16(17)19/h5-10,14H,1-4H3,(H,20,21)/t14-/m0/s1. The molecule has 3 nitrogen and oxygen atoms in total. The lowest BCUT2D eigenvalue weighted by Gasteiger charge is -2.17. The Hall–Kier alpha value is -2.00. The van der Waals surface area contributed by atoms with Crippen LogP contribution in [0, 0.1) is 20.8 Å². The molecule has 0 heterocycles. The van der Waals surface area contributed by atoms with E-state index in [0.29, 0.717) is 16.5 Å². The van der Waals surface area contributed by atoms with Gasteiger partial charge in [-0.05, 0) is 57.0 Å². The van der Waals surface area contributed by atoms with Crippen LogP contribution in [0.15, 0.2) is 36.4 Å². The number of carbonyl (C=O) groups is 1. The summed E-state index contributed by atoms with van der Waals surface area (Å²) in [6, 6.07) is 11.4. The molecule has 0 saturated heterocycles. The summed E-state index contributed by atoms with van der Waals surface area (Å²) in [5.74, 6) is 0.439. The lowest BCUT2D eigenvalue weighted by Crippen LogP contribution is -2.30. The van der Waals surface area contributed by atoms with Gasteiger partial charge >= 0.3 is 0 Å². The molecule has 2 aromatic carbocycles. The molecule has 0 aliphatic heterocycles. The number of carbonyl (C=O) groups excluding carboxylic acids is 1. The van der Waals surface area contributed by atoms with Crippen molar-refractivity contribution in [3.63, 3.8) is 0 Å². The van der Waals surface area contributed by atoms with Gasteiger partial charge in [0.2, 0.25) is 0 Å². The van der Waals surface area contributed by atoms with Gasteiger partial charge in [-0.25, -0.2) is 0 Å². The minimum atomic E-state index is -0.612. The fourth-order valence-electron chi connectivity index (χ4n) is 2.17. The van der Waals surface area contributed by atoms with E-state index < -0.39 is 6.10 Å². The smallest absolute Gasteiger partial charge is 0.265 e. The van der Waals surface area contributed by atoms with Gasteiger partial charge in [-0.3, -0.25) is 4.79 Å². The van der Waals surface area contributed by atoms with Crippen molar-refractivity contribution < 1.29 is 9.53 Å². The maximum atomic E-state index is 12.3. The van der Waals surface area contributed by atoms with Crippen molar-refractivity contribution in [3.8, 4) is 5.75 Å². The number of hydrogen-bond acceptors (Lipinski definition) is 2. The first-order valence-electron chi connectivity index (χ1n) is 7.18. The molecule has 0 radical (unpaired) electrons. The molecule has 22 heavy (non-hydrogen) atoms. The van der Waals surface area contributed by atoms with E-state index in [0.717, 1.165) is 16.7 Å². The van der Waals surface area contributed by atoms with Crippen LogP contribution in [0.25, 0.3) is 0 Å². The average molecular weight is 318 g/mol. The molecule has 0 bridgehead atoms. The number of rotatable bonds is 4. The molecular formula is C18H20ClNO2. The van der Waals surface area contributed by atoms with Crippen molar-refractivity contribution in [1.29, 1.82) is 0 Å². The van der Waals surface area contributed by atoms with Crippen molar-refractivity contribution in [2.24, 2.45) is 0 Å². The molecule has 0 saturated carbocycles. The van der Waals surface area contributed by atoms with Crippen LogP contribution in [0.5, 0.6) is 5.75 Å². The Kier molecular flexibility index (Phi) is 5.09. The van der Waals surface area contributed by atoms with Crippen LogP contribution in [-0.2, 0) is 4.79 Å². The van der Waals surface area contributed by atoms with Crippen molar-refractivity contribution in [2.75, 3.05) is 5.32 Å². The fourth-order valence-corrected chi connectivity index (χ4v) is 2.54. The van der Waals surface area contributed by atoms with E-state index in [1.165, 1.54) is 0 Å². The zero-order chi connectivity index (χ0) is 16.3. The van der Waals surface area contributed by atoms with Gasteiger partial charge in [0.1, 0.15) is 5.75 Å². The van der Waals surface area contributed by atoms with Gasteiger partial charge in [0.15, 0.2) is 6.10 Å². The van der Waals surface area contributed by atoms with E-state index in [4.69, 9.17) is 16.3 Å². The number of hydrogen-bond donors (Lipinski definition) is 1. The van der Waals surface area contributed by atoms with Gasteiger partial charge in [-0.2, -0.15) is 0 Å². The molecule has 1 atom stereocenters. The molecule has 2 rings (SSSR count). The third-order valence-electron chi connectivity index (χ3n) is 3.38. The number of halogens is 1. The predicted octanol–water partition coefficient (Wildman–Crippen LogP) is 4.67. The Balaban J connectivity index is 2.07. The highest BCUT2D eigenvalue weighted by molar-refractivity contribution is 6.34. The van der Waals surface area contributed by atoms with E-state index in [-0.39, 0.29) is 5.91 Å². The Morgan fingerprint density at radius 3 is 2.32 bits per heavy atom. The molecule has 1 amide bonds. The first-order chi connectivity index (χ1) is 10.4. The summed E-state index contributed by atoms with van der Waals surface area (Å²) in [5, 5.41) is 3.38. The molecule has 0 unspecified atom stereocenters. The summed E-state index contributed by atoms with van der Waals surface area (Å²) in [6.45, 7) is 7.60. The third kappa shape index (κ3) is 4.01. The van der Waals surface area contributed by atoms with Crippen molar-refractivity contribution in [3.05, 3.63) is 58.1 Å². The maximum Gasteiger partial charge on any atom is 0.265 e. The summed E-state index contributed by atoms with van der Waals surface area (Å²) in [5.41, 5.74) is 3.77. The number of nitrogens with one attached hydrogen (secondary N) is 1. The zero-order valence-corrected chi connectivity index (χ0v) is 14.0. The molecular weight excluding hydrogens is 298 g/mol. The lowest BCUT2D eigenvalue weighted by molar-refractivity contribution is -0.122. The molecule has 4 heteroatoms. The van der Waals surface area contributed by atoms with Crippen molar-refractivity contribution >= 4 is 23.2 Å².